The zero-order chi connectivity index (χ0) is 13.2. The maximum Gasteiger partial charge on any atom is 0.280 e. The van der Waals surface area contributed by atoms with E-state index in [1.807, 2.05) is 38.1 Å². The van der Waals surface area contributed by atoms with Crippen molar-refractivity contribution in [2.24, 2.45) is 5.41 Å². The Morgan fingerprint density at radius 2 is 2.17 bits per heavy atom. The number of aromatic nitrogens is 1. The molecule has 0 saturated carbocycles. The second-order valence-electron chi connectivity index (χ2n) is 4.99. The Morgan fingerprint density at radius 3 is 2.83 bits per heavy atom. The zero-order valence-electron chi connectivity index (χ0n) is 10.4. The highest BCUT2D eigenvalue weighted by Crippen LogP contribution is 2.21. The fourth-order valence-electron chi connectivity index (χ4n) is 1.42. The molecule has 0 aliphatic heterocycles. The van der Waals surface area contributed by atoms with E-state index < -0.39 is 0 Å². The van der Waals surface area contributed by atoms with Gasteiger partial charge in [0.25, 0.3) is 5.91 Å². The van der Waals surface area contributed by atoms with Crippen LogP contribution in [0.25, 0.3) is 10.2 Å². The van der Waals surface area contributed by atoms with E-state index in [0.717, 1.165) is 10.2 Å². The molecule has 1 aromatic carbocycles. The van der Waals surface area contributed by atoms with Crippen LogP contribution in [0.3, 0.4) is 0 Å². The van der Waals surface area contributed by atoms with Crippen molar-refractivity contribution < 1.29 is 9.90 Å². The fourth-order valence-corrected chi connectivity index (χ4v) is 2.30. The second kappa shape index (κ2) is 5.04. The molecule has 0 fully saturated rings. The highest BCUT2D eigenvalue weighted by molar-refractivity contribution is 7.20. The molecule has 2 rings (SSSR count). The van der Waals surface area contributed by atoms with Crippen molar-refractivity contribution in [2.75, 3.05) is 13.2 Å². The highest BCUT2D eigenvalue weighted by Gasteiger charge is 2.19. The summed E-state index contributed by atoms with van der Waals surface area (Å²) in [6, 6.07) is 7.66. The van der Waals surface area contributed by atoms with Gasteiger partial charge >= 0.3 is 0 Å². The second-order valence-corrected chi connectivity index (χ2v) is 6.02. The number of nitrogens with zero attached hydrogens (tertiary/aromatic N) is 1. The van der Waals surface area contributed by atoms with E-state index in [2.05, 4.69) is 10.3 Å². The first-order valence-electron chi connectivity index (χ1n) is 5.76. The van der Waals surface area contributed by atoms with Gasteiger partial charge < -0.3 is 10.4 Å². The summed E-state index contributed by atoms with van der Waals surface area (Å²) < 4.78 is 1.00. The molecule has 96 valence electrons. The number of fused-ring (bicyclic) bond motifs is 1. The minimum absolute atomic E-state index is 0.0348. The molecule has 2 aromatic rings. The molecule has 1 amide bonds. The number of aliphatic hydroxyl groups excluding tert-OH is 1. The van der Waals surface area contributed by atoms with Gasteiger partial charge in [-0.15, -0.1) is 11.3 Å². The van der Waals surface area contributed by atoms with Crippen molar-refractivity contribution in [3.8, 4) is 0 Å². The number of nitrogens with one attached hydrogen (secondary N) is 1. The van der Waals surface area contributed by atoms with Crippen molar-refractivity contribution in [1.29, 1.82) is 0 Å². The normalized spacial score (nSPS) is 11.7. The van der Waals surface area contributed by atoms with Gasteiger partial charge in [0, 0.05) is 18.6 Å². The number of benzene rings is 1. The molecule has 0 radical (unpaired) electrons. The topological polar surface area (TPSA) is 62.2 Å². The number of amides is 1. The molecule has 0 aliphatic carbocycles. The summed E-state index contributed by atoms with van der Waals surface area (Å²) in [5, 5.41) is 12.4. The number of aliphatic hydroxyl groups is 1. The predicted octanol–water partition coefficient (Wildman–Crippen LogP) is 2.04. The molecule has 4 nitrogen and oxygen atoms in total. The number of rotatable bonds is 4. The van der Waals surface area contributed by atoms with Crippen LogP contribution in [-0.2, 0) is 0 Å². The maximum absolute atomic E-state index is 11.9. The zero-order valence-corrected chi connectivity index (χ0v) is 11.3. The van der Waals surface area contributed by atoms with Gasteiger partial charge in [-0.1, -0.05) is 26.0 Å². The van der Waals surface area contributed by atoms with E-state index >= 15 is 0 Å². The summed E-state index contributed by atoms with van der Waals surface area (Å²) in [6.45, 7) is 4.25. The summed E-state index contributed by atoms with van der Waals surface area (Å²) in [5.74, 6) is -0.183. The maximum atomic E-state index is 11.9. The quantitative estimate of drug-likeness (QED) is 0.888. The van der Waals surface area contributed by atoms with E-state index in [1.54, 1.807) is 0 Å². The molecular formula is C13H16N2O2S. The number of carbonyl (C=O) groups is 1. The number of para-hydroxylation sites is 1. The van der Waals surface area contributed by atoms with Crippen LogP contribution in [0.1, 0.15) is 23.6 Å². The first-order chi connectivity index (χ1) is 8.52. The predicted molar refractivity (Wildman–Crippen MR) is 72.8 cm³/mol. The van der Waals surface area contributed by atoms with Crippen molar-refractivity contribution in [3.05, 3.63) is 29.3 Å². The van der Waals surface area contributed by atoms with Crippen LogP contribution in [0, 0.1) is 5.41 Å². The Balaban J connectivity index is 2.09. The van der Waals surface area contributed by atoms with Crippen LogP contribution < -0.4 is 5.32 Å². The molecule has 5 heteroatoms. The average molecular weight is 264 g/mol. The van der Waals surface area contributed by atoms with E-state index in [9.17, 15) is 4.79 Å². The average Bonchev–Trinajstić information content (AvgIpc) is 2.80. The third-order valence-corrected chi connectivity index (χ3v) is 3.68. The summed E-state index contributed by atoms with van der Waals surface area (Å²) in [4.78, 5) is 16.2. The van der Waals surface area contributed by atoms with Gasteiger partial charge in [-0.2, -0.15) is 0 Å². The van der Waals surface area contributed by atoms with E-state index in [1.165, 1.54) is 11.3 Å². The van der Waals surface area contributed by atoms with Crippen LogP contribution in [0.5, 0.6) is 0 Å². The van der Waals surface area contributed by atoms with Crippen molar-refractivity contribution in [2.45, 2.75) is 13.8 Å². The van der Waals surface area contributed by atoms with Gasteiger partial charge in [0.05, 0.1) is 10.2 Å². The van der Waals surface area contributed by atoms with Gasteiger partial charge in [-0.05, 0) is 12.1 Å². The lowest BCUT2D eigenvalue weighted by Gasteiger charge is -2.21. The minimum atomic E-state index is -0.313. The molecule has 0 aliphatic rings. The lowest BCUT2D eigenvalue weighted by Crippen LogP contribution is -2.36. The summed E-state index contributed by atoms with van der Waals surface area (Å²) in [6.07, 6.45) is 0. The number of hydrogen-bond acceptors (Lipinski definition) is 4. The van der Waals surface area contributed by atoms with Gasteiger partial charge in [0.2, 0.25) is 0 Å². The third-order valence-electron chi connectivity index (χ3n) is 2.64. The molecule has 0 spiro atoms. The van der Waals surface area contributed by atoms with E-state index in [-0.39, 0.29) is 17.9 Å². The number of carbonyl (C=O) groups excluding carboxylic acids is 1. The fraction of sp³-hybridized carbons (Fsp3) is 0.385. The SMILES string of the molecule is CC(C)(CO)CNC(=O)c1nc2ccccc2s1. The summed E-state index contributed by atoms with van der Waals surface area (Å²) >= 11 is 1.38. The minimum Gasteiger partial charge on any atom is -0.396 e. The molecule has 2 N–H and O–H groups in total. The number of hydrogen-bond donors (Lipinski definition) is 2. The van der Waals surface area contributed by atoms with Gasteiger partial charge in [-0.25, -0.2) is 4.98 Å². The van der Waals surface area contributed by atoms with E-state index in [4.69, 9.17) is 5.11 Å². The molecule has 18 heavy (non-hydrogen) atoms. The first kappa shape index (κ1) is 13.0. The molecule has 0 bridgehead atoms. The standard InChI is InChI=1S/C13H16N2O2S/c1-13(2,8-16)7-14-11(17)12-15-9-5-3-4-6-10(9)18-12/h3-6,16H,7-8H2,1-2H3,(H,14,17). The van der Waals surface area contributed by atoms with Crippen molar-refractivity contribution in [1.82, 2.24) is 10.3 Å². The van der Waals surface area contributed by atoms with Crippen LogP contribution in [-0.4, -0.2) is 29.1 Å². The van der Waals surface area contributed by atoms with Gasteiger partial charge in [0.1, 0.15) is 0 Å². The first-order valence-corrected chi connectivity index (χ1v) is 6.58. The molecule has 0 unspecified atom stereocenters. The summed E-state index contributed by atoms with van der Waals surface area (Å²) in [5.41, 5.74) is 0.529. The van der Waals surface area contributed by atoms with Crippen LogP contribution >= 0.6 is 11.3 Å². The molecule has 0 saturated heterocycles. The molecule has 1 heterocycles. The third kappa shape index (κ3) is 2.86. The largest absolute Gasteiger partial charge is 0.396 e. The Bertz CT molecular complexity index is 530. The highest BCUT2D eigenvalue weighted by atomic mass is 32.1. The van der Waals surface area contributed by atoms with Crippen LogP contribution in [0.2, 0.25) is 0 Å². The Kier molecular flexibility index (Phi) is 3.63. The Morgan fingerprint density at radius 1 is 1.44 bits per heavy atom. The molecular weight excluding hydrogens is 248 g/mol. The monoisotopic (exact) mass is 264 g/mol. The van der Waals surface area contributed by atoms with Crippen molar-refractivity contribution >= 4 is 27.5 Å². The molecule has 1 aromatic heterocycles. The van der Waals surface area contributed by atoms with Gasteiger partial charge in [-0.3, -0.25) is 4.79 Å². The van der Waals surface area contributed by atoms with Gasteiger partial charge in [0.15, 0.2) is 5.01 Å². The van der Waals surface area contributed by atoms with Crippen LogP contribution in [0.15, 0.2) is 24.3 Å². The van der Waals surface area contributed by atoms with Crippen molar-refractivity contribution in [3.63, 3.8) is 0 Å². The Hall–Kier alpha value is -1.46. The Labute approximate surface area is 110 Å². The summed E-state index contributed by atoms with van der Waals surface area (Å²) in [7, 11) is 0. The number of thiazole rings is 1. The lowest BCUT2D eigenvalue weighted by molar-refractivity contribution is 0.0911. The van der Waals surface area contributed by atoms with Crippen LogP contribution in [0.4, 0.5) is 0 Å². The van der Waals surface area contributed by atoms with E-state index in [0.29, 0.717) is 11.6 Å². The molecule has 0 atom stereocenters. The lowest BCUT2D eigenvalue weighted by atomic mass is 9.95. The smallest absolute Gasteiger partial charge is 0.280 e.